The van der Waals surface area contributed by atoms with E-state index in [0.29, 0.717) is 12.1 Å². The highest BCUT2D eigenvalue weighted by Gasteiger charge is 2.08. The predicted molar refractivity (Wildman–Crippen MR) is 70.9 cm³/mol. The molecule has 0 bridgehead atoms. The molecule has 0 aliphatic heterocycles. The molecule has 0 radical (unpaired) electrons. The van der Waals surface area contributed by atoms with Crippen LogP contribution in [0.4, 0.5) is 0 Å². The molecule has 0 saturated carbocycles. The summed E-state index contributed by atoms with van der Waals surface area (Å²) in [7, 11) is 0. The molecule has 5 heteroatoms. The fraction of sp³-hybridized carbons (Fsp3) is 0.231. The van der Waals surface area contributed by atoms with E-state index in [2.05, 4.69) is 10.3 Å². The molecule has 1 amide bonds. The van der Waals surface area contributed by atoms with Crippen molar-refractivity contribution in [1.82, 2.24) is 10.3 Å². The Balaban J connectivity index is 2.00. The Kier molecular flexibility index (Phi) is 3.62. The van der Waals surface area contributed by atoms with E-state index in [-0.39, 0.29) is 11.7 Å². The first kappa shape index (κ1) is 12.6. The molecule has 0 saturated heterocycles. The predicted octanol–water partition coefficient (Wildman–Crippen LogP) is 2.40. The average Bonchev–Trinajstić information content (AvgIpc) is 2.66. The number of aromatic hydroxyl groups is 1. The number of carbonyl (C=O) groups is 1. The van der Waals surface area contributed by atoms with Crippen molar-refractivity contribution in [3.05, 3.63) is 45.4 Å². The van der Waals surface area contributed by atoms with Gasteiger partial charge >= 0.3 is 0 Å². The lowest BCUT2D eigenvalue weighted by atomic mass is 10.2. The van der Waals surface area contributed by atoms with E-state index in [0.717, 1.165) is 15.6 Å². The minimum absolute atomic E-state index is 0.0867. The van der Waals surface area contributed by atoms with Gasteiger partial charge in [0.05, 0.1) is 12.2 Å². The van der Waals surface area contributed by atoms with Crippen LogP contribution < -0.4 is 5.32 Å². The molecule has 4 nitrogen and oxygen atoms in total. The van der Waals surface area contributed by atoms with Gasteiger partial charge in [-0.1, -0.05) is 6.07 Å². The number of aromatic nitrogens is 1. The van der Waals surface area contributed by atoms with Gasteiger partial charge in [0.15, 0.2) is 0 Å². The Hall–Kier alpha value is -1.88. The summed E-state index contributed by atoms with van der Waals surface area (Å²) in [5, 5.41) is 13.0. The molecular weight excluding hydrogens is 248 g/mol. The number of rotatable bonds is 3. The Morgan fingerprint density at radius 1 is 1.44 bits per heavy atom. The molecule has 0 spiro atoms. The van der Waals surface area contributed by atoms with Crippen LogP contribution in [0.25, 0.3) is 0 Å². The third-order valence-electron chi connectivity index (χ3n) is 2.58. The zero-order valence-corrected chi connectivity index (χ0v) is 11.0. The van der Waals surface area contributed by atoms with Crippen LogP contribution in [-0.2, 0) is 6.54 Å². The van der Waals surface area contributed by atoms with Crippen molar-refractivity contribution >= 4 is 17.2 Å². The molecule has 2 rings (SSSR count). The lowest BCUT2D eigenvalue weighted by Gasteiger charge is -2.03. The molecule has 18 heavy (non-hydrogen) atoms. The molecule has 1 aromatic carbocycles. The Bertz CT molecular complexity index is 559. The number of thiazole rings is 1. The van der Waals surface area contributed by atoms with E-state index < -0.39 is 0 Å². The van der Waals surface area contributed by atoms with Gasteiger partial charge in [-0.05, 0) is 32.0 Å². The number of hydrogen-bond donors (Lipinski definition) is 2. The van der Waals surface area contributed by atoms with Crippen LogP contribution in [-0.4, -0.2) is 16.0 Å². The van der Waals surface area contributed by atoms with Crippen LogP contribution in [0.2, 0.25) is 0 Å². The first-order chi connectivity index (χ1) is 8.56. The topological polar surface area (TPSA) is 62.2 Å². The van der Waals surface area contributed by atoms with Gasteiger partial charge < -0.3 is 10.4 Å². The lowest BCUT2D eigenvalue weighted by molar-refractivity contribution is 0.0950. The standard InChI is InChI=1S/C13H14N2O2S/c1-8-9(2)18-12(15-8)7-14-13(17)10-4-3-5-11(16)6-10/h3-6,16H,7H2,1-2H3,(H,14,17). The van der Waals surface area contributed by atoms with Gasteiger partial charge in [0.25, 0.3) is 5.91 Å². The molecule has 0 atom stereocenters. The highest BCUT2D eigenvalue weighted by Crippen LogP contribution is 2.16. The van der Waals surface area contributed by atoms with Crippen molar-refractivity contribution in [2.45, 2.75) is 20.4 Å². The number of phenolic OH excluding ortho intramolecular Hbond substituents is 1. The molecule has 1 heterocycles. The fourth-order valence-electron chi connectivity index (χ4n) is 1.52. The van der Waals surface area contributed by atoms with Crippen LogP contribution in [0.1, 0.15) is 25.9 Å². The quantitative estimate of drug-likeness (QED) is 0.892. The number of amides is 1. The highest BCUT2D eigenvalue weighted by atomic mass is 32.1. The maximum absolute atomic E-state index is 11.8. The summed E-state index contributed by atoms with van der Waals surface area (Å²) < 4.78 is 0. The van der Waals surface area contributed by atoms with Crippen molar-refractivity contribution in [2.75, 3.05) is 0 Å². The second kappa shape index (κ2) is 5.18. The summed E-state index contributed by atoms with van der Waals surface area (Å²) in [6.45, 7) is 4.37. The van der Waals surface area contributed by atoms with Crippen molar-refractivity contribution in [3.8, 4) is 5.75 Å². The molecule has 0 fully saturated rings. The molecule has 94 valence electrons. The molecular formula is C13H14N2O2S. The smallest absolute Gasteiger partial charge is 0.251 e. The van der Waals surface area contributed by atoms with Crippen LogP contribution in [0.3, 0.4) is 0 Å². The summed E-state index contributed by atoms with van der Waals surface area (Å²) >= 11 is 1.58. The molecule has 1 aromatic heterocycles. The van der Waals surface area contributed by atoms with Gasteiger partial charge in [0, 0.05) is 10.4 Å². The maximum Gasteiger partial charge on any atom is 0.251 e. The van der Waals surface area contributed by atoms with E-state index >= 15 is 0 Å². The van der Waals surface area contributed by atoms with Gasteiger partial charge in [-0.25, -0.2) is 4.98 Å². The number of carbonyl (C=O) groups excluding carboxylic acids is 1. The second-order valence-electron chi connectivity index (χ2n) is 3.98. The van der Waals surface area contributed by atoms with E-state index in [4.69, 9.17) is 0 Å². The third kappa shape index (κ3) is 2.87. The zero-order valence-electron chi connectivity index (χ0n) is 10.2. The molecule has 0 unspecified atom stereocenters. The number of nitrogens with zero attached hydrogens (tertiary/aromatic N) is 1. The van der Waals surface area contributed by atoms with Crippen LogP contribution in [0.15, 0.2) is 24.3 Å². The van der Waals surface area contributed by atoms with Gasteiger partial charge in [-0.2, -0.15) is 0 Å². The van der Waals surface area contributed by atoms with Crippen LogP contribution in [0, 0.1) is 13.8 Å². The fourth-order valence-corrected chi connectivity index (χ4v) is 2.39. The highest BCUT2D eigenvalue weighted by molar-refractivity contribution is 7.11. The number of aryl methyl sites for hydroxylation is 2. The SMILES string of the molecule is Cc1nc(CNC(=O)c2cccc(O)c2)sc1C. The van der Waals surface area contributed by atoms with E-state index in [1.807, 2.05) is 13.8 Å². The first-order valence-corrected chi connectivity index (χ1v) is 6.38. The van der Waals surface area contributed by atoms with Crippen LogP contribution >= 0.6 is 11.3 Å². The zero-order chi connectivity index (χ0) is 13.1. The van der Waals surface area contributed by atoms with Gasteiger partial charge in [0.2, 0.25) is 0 Å². The maximum atomic E-state index is 11.8. The molecule has 2 aromatic rings. The molecule has 0 aliphatic carbocycles. The summed E-state index contributed by atoms with van der Waals surface area (Å²) in [6.07, 6.45) is 0. The van der Waals surface area contributed by atoms with E-state index in [1.54, 1.807) is 23.5 Å². The number of benzene rings is 1. The van der Waals surface area contributed by atoms with Gasteiger partial charge in [0.1, 0.15) is 10.8 Å². The first-order valence-electron chi connectivity index (χ1n) is 5.56. The van der Waals surface area contributed by atoms with Gasteiger partial charge in [-0.15, -0.1) is 11.3 Å². The van der Waals surface area contributed by atoms with E-state index in [9.17, 15) is 9.90 Å². The number of phenols is 1. The third-order valence-corrected chi connectivity index (χ3v) is 3.65. The minimum Gasteiger partial charge on any atom is -0.508 e. The number of hydrogen-bond acceptors (Lipinski definition) is 4. The Morgan fingerprint density at radius 2 is 2.22 bits per heavy atom. The normalized spacial score (nSPS) is 10.3. The summed E-state index contributed by atoms with van der Waals surface area (Å²) in [6, 6.07) is 6.27. The van der Waals surface area contributed by atoms with Gasteiger partial charge in [-0.3, -0.25) is 4.79 Å². The largest absolute Gasteiger partial charge is 0.508 e. The monoisotopic (exact) mass is 262 g/mol. The van der Waals surface area contributed by atoms with E-state index in [1.165, 1.54) is 12.1 Å². The minimum atomic E-state index is -0.212. The van der Waals surface area contributed by atoms with Crippen LogP contribution in [0.5, 0.6) is 5.75 Å². The second-order valence-corrected chi connectivity index (χ2v) is 5.27. The Labute approximate surface area is 109 Å². The summed E-state index contributed by atoms with van der Waals surface area (Å²) in [5.74, 6) is -0.125. The lowest BCUT2D eigenvalue weighted by Crippen LogP contribution is -2.22. The average molecular weight is 262 g/mol. The molecule has 0 aliphatic rings. The van der Waals surface area contributed by atoms with Crippen molar-refractivity contribution in [3.63, 3.8) is 0 Å². The van der Waals surface area contributed by atoms with Crippen molar-refractivity contribution < 1.29 is 9.90 Å². The van der Waals surface area contributed by atoms with Crippen molar-refractivity contribution in [2.24, 2.45) is 0 Å². The Morgan fingerprint density at radius 3 is 2.83 bits per heavy atom. The summed E-state index contributed by atoms with van der Waals surface area (Å²) in [4.78, 5) is 17.3. The van der Waals surface area contributed by atoms with Crippen molar-refractivity contribution in [1.29, 1.82) is 0 Å². The summed E-state index contributed by atoms with van der Waals surface area (Å²) in [5.41, 5.74) is 1.45. The molecule has 2 N–H and O–H groups in total. The number of nitrogens with one attached hydrogen (secondary N) is 1.